The van der Waals surface area contributed by atoms with Crippen LogP contribution in [0.4, 0.5) is 0 Å². The fourth-order valence-corrected chi connectivity index (χ4v) is 7.97. The minimum atomic E-state index is -0.973. The molecule has 1 aromatic rings. The minimum Gasteiger partial charge on any atom is -0.452 e. The third kappa shape index (κ3) is 3.25. The first-order chi connectivity index (χ1) is 15.4. The highest BCUT2D eigenvalue weighted by Crippen LogP contribution is 2.68. The lowest BCUT2D eigenvalue weighted by Gasteiger charge is -2.64. The van der Waals surface area contributed by atoms with Crippen molar-refractivity contribution < 1.29 is 23.6 Å². The molecule has 7 rings (SSSR count). The van der Waals surface area contributed by atoms with E-state index in [1.807, 2.05) is 0 Å². The number of benzene rings is 1. The van der Waals surface area contributed by atoms with Gasteiger partial charge in [0.2, 0.25) is 5.79 Å². The molecule has 1 unspecified atom stereocenters. The van der Waals surface area contributed by atoms with E-state index in [2.05, 4.69) is 46.8 Å². The van der Waals surface area contributed by atoms with Crippen LogP contribution in [0.5, 0.6) is 5.75 Å². The number of carbonyl (C=O) groups excluding carboxylic acids is 1. The van der Waals surface area contributed by atoms with Gasteiger partial charge in [0.15, 0.2) is 0 Å². The van der Waals surface area contributed by atoms with E-state index >= 15 is 0 Å². The van der Waals surface area contributed by atoms with E-state index in [0.717, 1.165) is 29.2 Å². The van der Waals surface area contributed by atoms with Gasteiger partial charge < -0.3 is 18.8 Å². The minimum absolute atomic E-state index is 0.177. The summed E-state index contributed by atoms with van der Waals surface area (Å²) in [6, 6.07) is 4.21. The van der Waals surface area contributed by atoms with Crippen molar-refractivity contribution in [1.82, 2.24) is 0 Å². The van der Waals surface area contributed by atoms with E-state index in [1.165, 1.54) is 6.42 Å². The first-order valence-corrected chi connectivity index (χ1v) is 13.4. The van der Waals surface area contributed by atoms with E-state index in [-0.39, 0.29) is 30.7 Å². The lowest BCUT2D eigenvalue weighted by molar-refractivity contribution is -0.199. The molecule has 1 saturated heterocycles. The van der Waals surface area contributed by atoms with Gasteiger partial charge in [-0.1, -0.05) is 33.8 Å². The fraction of sp³-hybridized carbons (Fsp3) is 0.731. The van der Waals surface area contributed by atoms with E-state index in [1.54, 1.807) is 25.6 Å². The standard InChI is InChI=1S/C26H35BO5S/c1-13(2)33-18-9-8-15(22-21(18)23(28)30-25(5,6)29-22)16-12-17(16)27-31-20-11-14-10-19(24(14,3)4)26(20,7)32-27/h8-9,13-14,16-17,19-20H,10-12H2,1-7H3/t14-,16+,17+,19-,20?,26-/m0/s1. The number of thioether (sulfide) groups is 1. The van der Waals surface area contributed by atoms with Crippen molar-refractivity contribution in [3.05, 3.63) is 23.3 Å². The third-order valence-corrected chi connectivity index (χ3v) is 10.0. The number of esters is 1. The van der Waals surface area contributed by atoms with Crippen molar-refractivity contribution in [2.75, 3.05) is 0 Å². The fourth-order valence-electron chi connectivity index (χ4n) is 7.02. The second-order valence-electron chi connectivity index (χ2n) is 12.3. The normalized spacial score (nSPS) is 39.3. The maximum Gasteiger partial charge on any atom is 0.461 e. The van der Waals surface area contributed by atoms with Gasteiger partial charge in [0, 0.05) is 29.8 Å². The Bertz CT molecular complexity index is 1020. The maximum absolute atomic E-state index is 13.0. The number of ether oxygens (including phenoxy) is 2. The summed E-state index contributed by atoms with van der Waals surface area (Å²) in [6.45, 7) is 14.9. The molecule has 0 N–H and O–H groups in total. The van der Waals surface area contributed by atoms with Gasteiger partial charge >= 0.3 is 13.1 Å². The molecule has 1 aromatic carbocycles. The topological polar surface area (TPSA) is 54.0 Å². The monoisotopic (exact) mass is 470 g/mol. The Balaban J connectivity index is 1.28. The molecule has 6 atom stereocenters. The van der Waals surface area contributed by atoms with Crippen LogP contribution in [0, 0.1) is 17.3 Å². The summed E-state index contributed by atoms with van der Waals surface area (Å²) >= 11 is 1.67. The number of rotatable bonds is 4. The van der Waals surface area contributed by atoms with Crippen molar-refractivity contribution in [3.8, 4) is 5.75 Å². The Morgan fingerprint density at radius 2 is 1.82 bits per heavy atom. The Labute approximate surface area is 201 Å². The van der Waals surface area contributed by atoms with Crippen LogP contribution in [-0.4, -0.2) is 35.8 Å². The second kappa shape index (κ2) is 6.95. The van der Waals surface area contributed by atoms with E-state index in [4.69, 9.17) is 18.8 Å². The van der Waals surface area contributed by atoms with Crippen LogP contribution in [-0.2, 0) is 14.0 Å². The van der Waals surface area contributed by atoms with Crippen LogP contribution in [0.15, 0.2) is 17.0 Å². The van der Waals surface area contributed by atoms with Crippen LogP contribution < -0.4 is 4.74 Å². The van der Waals surface area contributed by atoms with Gasteiger partial charge in [-0.25, -0.2) is 4.79 Å². The van der Waals surface area contributed by atoms with Crippen molar-refractivity contribution in [2.45, 2.75) is 107 Å². The Kier molecular flexibility index (Phi) is 4.69. The van der Waals surface area contributed by atoms with E-state index in [0.29, 0.717) is 33.7 Å². The van der Waals surface area contributed by atoms with Crippen LogP contribution in [0.3, 0.4) is 0 Å². The third-order valence-electron chi connectivity index (χ3n) is 8.96. The molecule has 0 radical (unpaired) electrons. The Morgan fingerprint density at radius 3 is 2.52 bits per heavy atom. The molecule has 2 aliphatic heterocycles. The number of hydrogen-bond acceptors (Lipinski definition) is 6. The van der Waals surface area contributed by atoms with Crippen LogP contribution >= 0.6 is 11.8 Å². The number of fused-ring (bicyclic) bond motifs is 1. The second-order valence-corrected chi connectivity index (χ2v) is 13.9. The highest BCUT2D eigenvalue weighted by Gasteiger charge is 2.70. The average molecular weight is 470 g/mol. The van der Waals surface area contributed by atoms with Gasteiger partial charge in [-0.3, -0.25) is 0 Å². The van der Waals surface area contributed by atoms with E-state index in [9.17, 15) is 4.79 Å². The van der Waals surface area contributed by atoms with Gasteiger partial charge in [0.25, 0.3) is 0 Å². The summed E-state index contributed by atoms with van der Waals surface area (Å²) in [6.07, 6.45) is 3.56. The molecule has 33 heavy (non-hydrogen) atoms. The number of cyclic esters (lactones) is 1. The maximum atomic E-state index is 13.0. The first kappa shape index (κ1) is 22.3. The lowest BCUT2D eigenvalue weighted by atomic mass is 9.43. The summed E-state index contributed by atoms with van der Waals surface area (Å²) in [4.78, 5) is 13.9. The molecule has 4 saturated carbocycles. The van der Waals surface area contributed by atoms with Crippen molar-refractivity contribution in [1.29, 1.82) is 0 Å². The molecule has 5 fully saturated rings. The highest BCUT2D eigenvalue weighted by atomic mass is 32.2. The summed E-state index contributed by atoms with van der Waals surface area (Å²) in [5.74, 6) is 1.31. The first-order valence-electron chi connectivity index (χ1n) is 12.5. The zero-order valence-electron chi connectivity index (χ0n) is 20.8. The summed E-state index contributed by atoms with van der Waals surface area (Å²) in [7, 11) is -0.177. The predicted molar refractivity (Wildman–Crippen MR) is 129 cm³/mol. The van der Waals surface area contributed by atoms with Crippen molar-refractivity contribution in [3.63, 3.8) is 0 Å². The number of carbonyl (C=O) groups is 1. The summed E-state index contributed by atoms with van der Waals surface area (Å²) in [5, 5.41) is 0.358. The smallest absolute Gasteiger partial charge is 0.452 e. The van der Waals surface area contributed by atoms with Gasteiger partial charge in [0.05, 0.1) is 11.7 Å². The Morgan fingerprint density at radius 1 is 1.06 bits per heavy atom. The predicted octanol–water partition coefficient (Wildman–Crippen LogP) is 6.06. The molecular weight excluding hydrogens is 435 g/mol. The molecule has 0 aromatic heterocycles. The molecule has 0 amide bonds. The zero-order valence-corrected chi connectivity index (χ0v) is 21.6. The van der Waals surface area contributed by atoms with Gasteiger partial charge in [0.1, 0.15) is 11.3 Å². The summed E-state index contributed by atoms with van der Waals surface area (Å²) < 4.78 is 25.2. The van der Waals surface area contributed by atoms with Gasteiger partial charge in [-0.05, 0) is 61.0 Å². The van der Waals surface area contributed by atoms with Gasteiger partial charge in [-0.15, -0.1) is 11.8 Å². The van der Waals surface area contributed by atoms with Crippen LogP contribution in [0.2, 0.25) is 5.82 Å². The SMILES string of the molecule is CC(C)Sc1ccc([C@H]2C[C@H]2B2OC3C[C@@H]4C[C@@H](C4(C)C)[C@]3(C)O2)c2c1C(=O)OC(C)(C)O2. The van der Waals surface area contributed by atoms with Crippen LogP contribution in [0.25, 0.3) is 0 Å². The molecule has 2 heterocycles. The summed E-state index contributed by atoms with van der Waals surface area (Å²) in [5.41, 5.74) is 1.82. The molecular formula is C26H35BO5S. The molecule has 5 nitrogen and oxygen atoms in total. The largest absolute Gasteiger partial charge is 0.461 e. The lowest BCUT2D eigenvalue weighted by Crippen LogP contribution is -2.65. The quantitative estimate of drug-likeness (QED) is 0.303. The molecule has 6 aliphatic rings. The number of hydrogen-bond donors (Lipinski definition) is 0. The molecule has 7 heteroatoms. The molecule has 2 bridgehead atoms. The Hall–Kier alpha value is -1.18. The van der Waals surface area contributed by atoms with Gasteiger partial charge in [-0.2, -0.15) is 0 Å². The van der Waals surface area contributed by atoms with Crippen LogP contribution in [0.1, 0.15) is 89.6 Å². The van der Waals surface area contributed by atoms with Crippen molar-refractivity contribution in [2.24, 2.45) is 17.3 Å². The van der Waals surface area contributed by atoms with E-state index < -0.39 is 5.79 Å². The molecule has 0 spiro atoms. The van der Waals surface area contributed by atoms with Crippen molar-refractivity contribution >= 4 is 24.8 Å². The zero-order chi connectivity index (χ0) is 23.5. The average Bonchev–Trinajstić information content (AvgIpc) is 3.39. The molecule has 178 valence electrons. The molecule has 4 aliphatic carbocycles. The highest BCUT2D eigenvalue weighted by molar-refractivity contribution is 8.00.